The Morgan fingerprint density at radius 2 is 2.08 bits per heavy atom. The lowest BCUT2D eigenvalue weighted by molar-refractivity contribution is -0.114. The Kier molecular flexibility index (Phi) is 5.84. The number of amides is 1. The summed E-state index contributed by atoms with van der Waals surface area (Å²) in [6.07, 6.45) is 3.00. The maximum absolute atomic E-state index is 11.3. The van der Waals surface area contributed by atoms with E-state index in [1.165, 1.54) is 23.6 Å². The van der Waals surface area contributed by atoms with Gasteiger partial charge in [0.15, 0.2) is 0 Å². The van der Waals surface area contributed by atoms with Crippen molar-refractivity contribution in [3.05, 3.63) is 65.2 Å². The number of nitrogens with zero attached hydrogens (tertiary/aromatic N) is 1. The van der Waals surface area contributed by atoms with E-state index in [0.29, 0.717) is 6.04 Å². The van der Waals surface area contributed by atoms with Gasteiger partial charge in [0.1, 0.15) is 0 Å². The molecule has 1 aliphatic rings. The molecule has 0 bridgehead atoms. The van der Waals surface area contributed by atoms with Crippen LogP contribution in [-0.4, -0.2) is 29.1 Å². The number of fused-ring (bicyclic) bond motifs is 1. The van der Waals surface area contributed by atoms with Gasteiger partial charge in [-0.15, -0.1) is 0 Å². The van der Waals surface area contributed by atoms with Crippen LogP contribution in [0, 0.1) is 0 Å². The third-order valence-corrected chi connectivity index (χ3v) is 4.78. The fourth-order valence-electron chi connectivity index (χ4n) is 3.72. The largest absolute Gasteiger partial charge is 0.396 e. The van der Waals surface area contributed by atoms with Crippen LogP contribution in [0.15, 0.2) is 48.5 Å². The van der Waals surface area contributed by atoms with Crippen molar-refractivity contribution >= 4 is 11.6 Å². The normalized spacial score (nSPS) is 16.0. The van der Waals surface area contributed by atoms with Gasteiger partial charge in [0.25, 0.3) is 0 Å². The lowest BCUT2D eigenvalue weighted by Crippen LogP contribution is -2.29. The first-order chi connectivity index (χ1) is 12.2. The Balaban J connectivity index is 1.79. The van der Waals surface area contributed by atoms with Crippen molar-refractivity contribution in [2.45, 2.75) is 38.8 Å². The molecule has 2 aromatic rings. The first-order valence-electron chi connectivity index (χ1n) is 8.96. The number of carbonyl (C=O) groups is 1. The number of anilines is 1. The van der Waals surface area contributed by atoms with Crippen molar-refractivity contribution in [3.63, 3.8) is 0 Å². The summed E-state index contributed by atoms with van der Waals surface area (Å²) < 4.78 is 0. The number of aliphatic hydroxyl groups is 1. The molecule has 0 unspecified atom stereocenters. The molecule has 0 aliphatic heterocycles. The molecule has 2 N–H and O–H groups in total. The molecule has 0 aromatic heterocycles. The summed E-state index contributed by atoms with van der Waals surface area (Å²) in [7, 11) is 0. The molecule has 3 rings (SSSR count). The summed E-state index contributed by atoms with van der Waals surface area (Å²) in [6.45, 7) is 3.40. The van der Waals surface area contributed by atoms with E-state index < -0.39 is 0 Å². The smallest absolute Gasteiger partial charge is 0.221 e. The average molecular weight is 338 g/mol. The Morgan fingerprint density at radius 1 is 1.24 bits per heavy atom. The summed E-state index contributed by atoms with van der Waals surface area (Å²) in [4.78, 5) is 13.7. The molecule has 0 heterocycles. The number of benzene rings is 2. The van der Waals surface area contributed by atoms with Crippen molar-refractivity contribution in [1.29, 1.82) is 0 Å². The van der Waals surface area contributed by atoms with E-state index in [2.05, 4.69) is 40.5 Å². The van der Waals surface area contributed by atoms with Gasteiger partial charge < -0.3 is 10.4 Å². The molecule has 1 aliphatic carbocycles. The molecule has 1 amide bonds. The van der Waals surface area contributed by atoms with Crippen LogP contribution in [-0.2, 0) is 17.8 Å². The maximum Gasteiger partial charge on any atom is 0.221 e. The summed E-state index contributed by atoms with van der Waals surface area (Å²) in [5.41, 5.74) is 4.86. The highest BCUT2D eigenvalue weighted by Crippen LogP contribution is 2.36. The molecule has 0 spiro atoms. The van der Waals surface area contributed by atoms with Gasteiger partial charge >= 0.3 is 0 Å². The molecular weight excluding hydrogens is 312 g/mol. The Bertz CT molecular complexity index is 729. The summed E-state index contributed by atoms with van der Waals surface area (Å²) in [6, 6.07) is 17.1. The Morgan fingerprint density at radius 3 is 2.88 bits per heavy atom. The number of hydrogen-bond donors (Lipinski definition) is 2. The Hall–Kier alpha value is -2.17. The predicted molar refractivity (Wildman–Crippen MR) is 100 cm³/mol. The van der Waals surface area contributed by atoms with Gasteiger partial charge in [-0.05, 0) is 48.1 Å². The van der Waals surface area contributed by atoms with Crippen molar-refractivity contribution in [2.24, 2.45) is 0 Å². The second-order valence-electron chi connectivity index (χ2n) is 6.68. The second-order valence-corrected chi connectivity index (χ2v) is 6.68. The lowest BCUT2D eigenvalue weighted by Gasteiger charge is -2.30. The van der Waals surface area contributed by atoms with Gasteiger partial charge in [-0.25, -0.2) is 0 Å². The zero-order valence-electron chi connectivity index (χ0n) is 14.7. The number of hydrogen-bond acceptors (Lipinski definition) is 3. The number of aryl methyl sites for hydroxylation is 1. The second kappa shape index (κ2) is 8.28. The summed E-state index contributed by atoms with van der Waals surface area (Å²) in [5.74, 6) is -0.0565. The van der Waals surface area contributed by atoms with Crippen LogP contribution in [0.5, 0.6) is 0 Å². The monoisotopic (exact) mass is 338 g/mol. The van der Waals surface area contributed by atoms with E-state index in [9.17, 15) is 9.90 Å². The molecule has 0 radical (unpaired) electrons. The first kappa shape index (κ1) is 17.6. The molecule has 25 heavy (non-hydrogen) atoms. The molecule has 4 nitrogen and oxygen atoms in total. The average Bonchev–Trinajstić information content (AvgIpc) is 3.02. The topological polar surface area (TPSA) is 52.6 Å². The zero-order chi connectivity index (χ0) is 17.6. The van der Waals surface area contributed by atoms with E-state index in [4.69, 9.17) is 0 Å². The molecule has 2 aromatic carbocycles. The first-order valence-corrected chi connectivity index (χ1v) is 8.96. The fourth-order valence-corrected chi connectivity index (χ4v) is 3.72. The van der Waals surface area contributed by atoms with Gasteiger partial charge in [0, 0.05) is 38.3 Å². The fraction of sp³-hybridized carbons (Fsp3) is 0.381. The van der Waals surface area contributed by atoms with Crippen LogP contribution in [0.25, 0.3) is 0 Å². The molecule has 132 valence electrons. The molecule has 4 heteroatoms. The van der Waals surface area contributed by atoms with Gasteiger partial charge in [0.05, 0.1) is 0 Å². The van der Waals surface area contributed by atoms with Gasteiger partial charge in [-0.1, -0.05) is 36.4 Å². The third kappa shape index (κ3) is 4.47. The SMILES string of the molecule is CC(=O)Nc1cccc(CN(CCCO)[C@@H]2CCc3ccccc32)c1. The highest BCUT2D eigenvalue weighted by atomic mass is 16.3. The van der Waals surface area contributed by atoms with Crippen molar-refractivity contribution < 1.29 is 9.90 Å². The molecule has 0 fully saturated rings. The quantitative estimate of drug-likeness (QED) is 0.812. The van der Waals surface area contributed by atoms with E-state index >= 15 is 0 Å². The van der Waals surface area contributed by atoms with Crippen LogP contribution in [0.4, 0.5) is 5.69 Å². The van der Waals surface area contributed by atoms with E-state index in [1.807, 2.05) is 18.2 Å². The highest BCUT2D eigenvalue weighted by molar-refractivity contribution is 5.88. The van der Waals surface area contributed by atoms with Gasteiger partial charge in [0.2, 0.25) is 5.91 Å². The molecule has 0 saturated carbocycles. The number of nitrogens with one attached hydrogen (secondary N) is 1. The Labute approximate surface area is 149 Å². The van der Waals surface area contributed by atoms with Crippen LogP contribution >= 0.6 is 0 Å². The minimum atomic E-state index is -0.0565. The minimum Gasteiger partial charge on any atom is -0.396 e. The maximum atomic E-state index is 11.3. The summed E-state index contributed by atoms with van der Waals surface area (Å²) in [5, 5.41) is 12.1. The standard InChI is InChI=1S/C21H26N2O2/c1-16(25)22-19-8-4-6-17(14-19)15-23(12-5-13-24)21-11-10-18-7-2-3-9-20(18)21/h2-4,6-9,14,21,24H,5,10-13,15H2,1H3,(H,22,25)/t21-/m1/s1. The van der Waals surface area contributed by atoms with Crippen molar-refractivity contribution in [3.8, 4) is 0 Å². The lowest BCUT2D eigenvalue weighted by atomic mass is 10.1. The highest BCUT2D eigenvalue weighted by Gasteiger charge is 2.27. The van der Waals surface area contributed by atoms with E-state index in [-0.39, 0.29) is 12.5 Å². The van der Waals surface area contributed by atoms with E-state index in [1.54, 1.807) is 0 Å². The zero-order valence-corrected chi connectivity index (χ0v) is 14.7. The van der Waals surface area contributed by atoms with E-state index in [0.717, 1.165) is 38.0 Å². The molecule has 0 saturated heterocycles. The van der Waals surface area contributed by atoms with Gasteiger partial charge in [-0.3, -0.25) is 9.69 Å². The summed E-state index contributed by atoms with van der Waals surface area (Å²) >= 11 is 0. The number of aliphatic hydroxyl groups excluding tert-OH is 1. The number of rotatable bonds is 7. The molecular formula is C21H26N2O2. The predicted octanol–water partition coefficient (Wildman–Crippen LogP) is 3.52. The van der Waals surface area contributed by atoms with Crippen LogP contribution in [0.2, 0.25) is 0 Å². The van der Waals surface area contributed by atoms with Crippen LogP contribution in [0.3, 0.4) is 0 Å². The van der Waals surface area contributed by atoms with Gasteiger partial charge in [-0.2, -0.15) is 0 Å². The van der Waals surface area contributed by atoms with Crippen molar-refractivity contribution in [1.82, 2.24) is 4.90 Å². The minimum absolute atomic E-state index is 0.0565. The number of carbonyl (C=O) groups excluding carboxylic acids is 1. The van der Waals surface area contributed by atoms with Crippen LogP contribution in [0.1, 0.15) is 42.5 Å². The van der Waals surface area contributed by atoms with Crippen molar-refractivity contribution in [2.75, 3.05) is 18.5 Å². The van der Waals surface area contributed by atoms with Crippen LogP contribution < -0.4 is 5.32 Å². The molecule has 1 atom stereocenters. The third-order valence-electron chi connectivity index (χ3n) is 4.78.